The minimum atomic E-state index is -0.342. The highest BCUT2D eigenvalue weighted by molar-refractivity contribution is 9.10. The normalized spacial score (nSPS) is 20.2. The van der Waals surface area contributed by atoms with Gasteiger partial charge in [-0.05, 0) is 12.1 Å². The van der Waals surface area contributed by atoms with Gasteiger partial charge in [0.25, 0.3) is 0 Å². The Morgan fingerprint density at radius 1 is 1.36 bits per heavy atom. The second-order valence-corrected chi connectivity index (χ2v) is 4.80. The average molecular weight is 296 g/mol. The van der Waals surface area contributed by atoms with E-state index < -0.39 is 0 Å². The molecule has 1 aromatic carbocycles. The van der Waals surface area contributed by atoms with E-state index in [1.807, 2.05) is 0 Å². The van der Waals surface area contributed by atoms with Crippen molar-refractivity contribution in [3.05, 3.63) is 27.7 Å². The zero-order valence-electron chi connectivity index (χ0n) is 6.89. The van der Waals surface area contributed by atoms with Crippen LogP contribution in [-0.4, -0.2) is 17.2 Å². The van der Waals surface area contributed by atoms with Crippen LogP contribution in [-0.2, 0) is 0 Å². The van der Waals surface area contributed by atoms with Crippen LogP contribution >= 0.6 is 39.1 Å². The van der Waals surface area contributed by atoms with Crippen molar-refractivity contribution in [3.8, 4) is 5.75 Å². The summed E-state index contributed by atoms with van der Waals surface area (Å²) in [6.07, 6.45) is 0. The smallest absolute Gasteiger partial charge is 0.185 e. The molecule has 0 amide bonds. The first-order valence-electron chi connectivity index (χ1n) is 3.90. The van der Waals surface area contributed by atoms with Crippen molar-refractivity contribution in [3.63, 3.8) is 0 Å². The molecular weight excluding hydrogens is 291 g/mol. The van der Waals surface area contributed by atoms with E-state index in [1.54, 1.807) is 12.1 Å². The molecule has 0 saturated carbocycles. The van der Waals surface area contributed by atoms with Gasteiger partial charge in [-0.15, -0.1) is 0 Å². The molecular formula is C9H5BrCl2O2. The first-order chi connectivity index (χ1) is 6.61. The van der Waals surface area contributed by atoms with Crippen molar-refractivity contribution < 1.29 is 9.53 Å². The van der Waals surface area contributed by atoms with Crippen LogP contribution in [0.2, 0.25) is 10.0 Å². The lowest BCUT2D eigenvalue weighted by molar-refractivity contribution is 0.0946. The van der Waals surface area contributed by atoms with E-state index in [-0.39, 0.29) is 17.2 Å². The van der Waals surface area contributed by atoms with E-state index in [9.17, 15) is 4.79 Å². The molecule has 1 aromatic rings. The zero-order valence-corrected chi connectivity index (χ0v) is 9.99. The summed E-state index contributed by atoms with van der Waals surface area (Å²) in [7, 11) is 0. The van der Waals surface area contributed by atoms with Crippen LogP contribution < -0.4 is 4.74 Å². The largest absolute Gasteiger partial charge is 0.490 e. The highest BCUT2D eigenvalue weighted by Crippen LogP contribution is 2.38. The molecule has 0 aliphatic carbocycles. The number of hydrogen-bond donors (Lipinski definition) is 0. The molecule has 0 bridgehead atoms. The Labute approximate surface area is 99.3 Å². The number of hydrogen-bond acceptors (Lipinski definition) is 2. The van der Waals surface area contributed by atoms with Crippen molar-refractivity contribution in [2.24, 2.45) is 0 Å². The second-order valence-electron chi connectivity index (χ2n) is 2.88. The van der Waals surface area contributed by atoms with E-state index >= 15 is 0 Å². The Morgan fingerprint density at radius 2 is 2.00 bits per heavy atom. The number of benzene rings is 1. The van der Waals surface area contributed by atoms with Crippen molar-refractivity contribution >= 4 is 44.9 Å². The minimum Gasteiger partial charge on any atom is -0.490 e. The third-order valence-electron chi connectivity index (χ3n) is 1.96. The van der Waals surface area contributed by atoms with Gasteiger partial charge >= 0.3 is 0 Å². The number of alkyl halides is 1. The van der Waals surface area contributed by atoms with Crippen molar-refractivity contribution in [2.45, 2.75) is 4.83 Å². The van der Waals surface area contributed by atoms with Gasteiger partial charge in [0.1, 0.15) is 17.2 Å². The monoisotopic (exact) mass is 294 g/mol. The quantitative estimate of drug-likeness (QED) is 0.686. The van der Waals surface area contributed by atoms with Gasteiger partial charge in [-0.2, -0.15) is 0 Å². The highest BCUT2D eigenvalue weighted by Gasteiger charge is 2.30. The summed E-state index contributed by atoms with van der Waals surface area (Å²) in [6.45, 7) is 0.284. The number of Topliss-reactive ketones (excluding diaryl/α,β-unsaturated/α-hetero) is 1. The number of carbonyl (C=O) groups excluding carboxylic acids is 1. The molecule has 2 nitrogen and oxygen atoms in total. The van der Waals surface area contributed by atoms with E-state index in [0.29, 0.717) is 21.4 Å². The maximum atomic E-state index is 11.7. The lowest BCUT2D eigenvalue weighted by Gasteiger charge is -2.21. The summed E-state index contributed by atoms with van der Waals surface area (Å²) < 4.78 is 5.33. The molecule has 1 aliphatic heterocycles. The van der Waals surface area contributed by atoms with E-state index in [2.05, 4.69) is 15.9 Å². The van der Waals surface area contributed by atoms with Gasteiger partial charge in [-0.25, -0.2) is 0 Å². The Morgan fingerprint density at radius 3 is 2.71 bits per heavy atom. The van der Waals surface area contributed by atoms with Gasteiger partial charge in [0.15, 0.2) is 5.78 Å². The molecule has 0 spiro atoms. The number of ketones is 1. The Kier molecular flexibility index (Phi) is 2.73. The minimum absolute atomic E-state index is 0.0845. The van der Waals surface area contributed by atoms with Gasteiger partial charge in [0, 0.05) is 0 Å². The summed E-state index contributed by atoms with van der Waals surface area (Å²) in [5.41, 5.74) is 0.368. The van der Waals surface area contributed by atoms with Gasteiger partial charge in [-0.1, -0.05) is 39.1 Å². The molecule has 1 heterocycles. The van der Waals surface area contributed by atoms with Crippen LogP contribution in [0.15, 0.2) is 12.1 Å². The summed E-state index contributed by atoms with van der Waals surface area (Å²) >= 11 is 15.0. The predicted molar refractivity (Wildman–Crippen MR) is 59.0 cm³/mol. The molecule has 0 N–H and O–H groups in total. The predicted octanol–water partition coefficient (Wildman–Crippen LogP) is 3.33. The maximum absolute atomic E-state index is 11.7. The Hall–Kier alpha value is -0.250. The molecule has 5 heteroatoms. The standard InChI is InChI=1S/C9H5BrCl2O2/c10-4-3-14-9-6(12)2-1-5(11)7(9)8(4)13/h1-2,4H,3H2. The molecule has 74 valence electrons. The molecule has 0 aromatic heterocycles. The molecule has 0 radical (unpaired) electrons. The first-order valence-corrected chi connectivity index (χ1v) is 5.57. The third kappa shape index (κ3) is 1.53. The second kappa shape index (κ2) is 3.72. The molecule has 1 unspecified atom stereocenters. The summed E-state index contributed by atoms with van der Waals surface area (Å²) in [6, 6.07) is 3.21. The summed E-state index contributed by atoms with van der Waals surface area (Å²) in [4.78, 5) is 11.4. The van der Waals surface area contributed by atoms with Crippen LogP contribution in [0, 0.1) is 0 Å². The SMILES string of the molecule is O=C1c2c(Cl)ccc(Cl)c2OCC1Br. The lowest BCUT2D eigenvalue weighted by Crippen LogP contribution is -2.28. The molecule has 0 saturated heterocycles. The fraction of sp³-hybridized carbons (Fsp3) is 0.222. The van der Waals surface area contributed by atoms with Crippen LogP contribution in [0.25, 0.3) is 0 Å². The zero-order chi connectivity index (χ0) is 10.3. The van der Waals surface area contributed by atoms with E-state index in [0.717, 1.165) is 0 Å². The molecule has 1 atom stereocenters. The van der Waals surface area contributed by atoms with Crippen molar-refractivity contribution in [2.75, 3.05) is 6.61 Å². The summed E-state index contributed by atoms with van der Waals surface area (Å²) in [5.74, 6) is 0.304. The van der Waals surface area contributed by atoms with Crippen molar-refractivity contribution in [1.82, 2.24) is 0 Å². The average Bonchev–Trinajstić information content (AvgIpc) is 2.16. The Balaban J connectivity index is 2.64. The van der Waals surface area contributed by atoms with Crippen LogP contribution in [0.1, 0.15) is 10.4 Å². The van der Waals surface area contributed by atoms with Gasteiger partial charge in [0.2, 0.25) is 0 Å². The first kappa shape index (κ1) is 10.3. The maximum Gasteiger partial charge on any atom is 0.185 e. The molecule has 2 rings (SSSR count). The van der Waals surface area contributed by atoms with E-state index in [1.165, 1.54) is 0 Å². The Bertz CT molecular complexity index is 406. The van der Waals surface area contributed by atoms with Crippen LogP contribution in [0.3, 0.4) is 0 Å². The van der Waals surface area contributed by atoms with Gasteiger partial charge < -0.3 is 4.74 Å². The fourth-order valence-electron chi connectivity index (χ4n) is 1.29. The molecule has 1 aliphatic rings. The lowest BCUT2D eigenvalue weighted by atomic mass is 10.1. The van der Waals surface area contributed by atoms with Gasteiger partial charge in [0.05, 0.1) is 15.6 Å². The fourth-order valence-corrected chi connectivity index (χ4v) is 2.11. The van der Waals surface area contributed by atoms with Crippen LogP contribution in [0.5, 0.6) is 5.75 Å². The number of fused-ring (bicyclic) bond motifs is 1. The van der Waals surface area contributed by atoms with Crippen molar-refractivity contribution in [1.29, 1.82) is 0 Å². The summed E-state index contributed by atoms with van der Waals surface area (Å²) in [5, 5.41) is 0.788. The number of carbonyl (C=O) groups is 1. The van der Waals surface area contributed by atoms with Gasteiger partial charge in [-0.3, -0.25) is 4.79 Å². The highest BCUT2D eigenvalue weighted by atomic mass is 79.9. The topological polar surface area (TPSA) is 26.3 Å². The van der Waals surface area contributed by atoms with E-state index in [4.69, 9.17) is 27.9 Å². The number of rotatable bonds is 0. The molecule has 0 fully saturated rings. The molecule has 14 heavy (non-hydrogen) atoms. The van der Waals surface area contributed by atoms with Crippen LogP contribution in [0.4, 0.5) is 0 Å². The number of halogens is 3. The third-order valence-corrected chi connectivity index (χ3v) is 3.26. The number of ether oxygens (including phenoxy) is 1.